The molecule has 1 rings (SSSR count). The molecule has 18 heavy (non-hydrogen) atoms. The maximum Gasteiger partial charge on any atom is 0.574 e. The molecular weight excluding hydrogens is 383 g/mol. The fraction of sp³-hybridized carbons (Fsp3) is 0.375. The molecule has 0 unspecified atom stereocenters. The molecule has 3 nitrogen and oxygen atoms in total. The van der Waals surface area contributed by atoms with Crippen LogP contribution in [0.5, 0.6) is 5.88 Å². The Hall–Kier alpha value is -0.780. The highest BCUT2D eigenvalue weighted by atomic mass is 127. The van der Waals surface area contributed by atoms with Crippen molar-refractivity contribution < 1.29 is 36.2 Å². The number of aliphatic hydroxyl groups is 1. The summed E-state index contributed by atoms with van der Waals surface area (Å²) < 4.78 is 76.0. The summed E-state index contributed by atoms with van der Waals surface area (Å²) in [6.45, 7) is -1.08. The summed E-state index contributed by atoms with van der Waals surface area (Å²) in [7, 11) is 0. The van der Waals surface area contributed by atoms with E-state index in [0.717, 1.165) is 22.6 Å². The van der Waals surface area contributed by atoms with Crippen molar-refractivity contribution in [2.24, 2.45) is 0 Å². The molecule has 0 spiro atoms. The quantitative estimate of drug-likeness (QED) is 0.482. The summed E-state index contributed by atoms with van der Waals surface area (Å²) >= 11 is 1.12. The smallest absolute Gasteiger partial charge is 0.392 e. The van der Waals surface area contributed by atoms with Gasteiger partial charge >= 0.3 is 12.5 Å². The van der Waals surface area contributed by atoms with E-state index in [0.29, 0.717) is 6.07 Å². The van der Waals surface area contributed by atoms with E-state index in [1.54, 1.807) is 0 Å². The van der Waals surface area contributed by atoms with Crippen molar-refractivity contribution in [3.63, 3.8) is 0 Å². The van der Waals surface area contributed by atoms with Crippen LogP contribution in [0, 0.1) is 3.70 Å². The zero-order valence-electron chi connectivity index (χ0n) is 8.23. The normalized spacial score (nSPS) is 12.7. The Labute approximate surface area is 110 Å². The van der Waals surface area contributed by atoms with Crippen molar-refractivity contribution >= 4 is 22.6 Å². The highest BCUT2D eigenvalue weighted by Gasteiger charge is 2.38. The van der Waals surface area contributed by atoms with Gasteiger partial charge in [-0.2, -0.15) is 13.2 Å². The maximum atomic E-state index is 12.5. The Morgan fingerprint density at radius 2 is 1.78 bits per heavy atom. The van der Waals surface area contributed by atoms with Crippen LogP contribution in [-0.4, -0.2) is 16.5 Å². The van der Waals surface area contributed by atoms with Crippen molar-refractivity contribution in [2.75, 3.05) is 0 Å². The van der Waals surface area contributed by atoms with E-state index in [1.807, 2.05) is 0 Å². The van der Waals surface area contributed by atoms with E-state index in [9.17, 15) is 26.3 Å². The molecule has 0 atom stereocenters. The number of ether oxygens (including phenoxy) is 1. The third-order valence-electron chi connectivity index (χ3n) is 1.71. The summed E-state index contributed by atoms with van der Waals surface area (Å²) in [4.78, 5) is 3.05. The first-order valence-electron chi connectivity index (χ1n) is 4.18. The van der Waals surface area contributed by atoms with Crippen molar-refractivity contribution in [3.8, 4) is 5.88 Å². The first-order chi connectivity index (χ1) is 8.04. The predicted molar refractivity (Wildman–Crippen MR) is 54.6 cm³/mol. The number of rotatable bonds is 2. The van der Waals surface area contributed by atoms with Crippen molar-refractivity contribution in [1.82, 2.24) is 4.98 Å². The summed E-state index contributed by atoms with van der Waals surface area (Å²) in [5.41, 5.74) is -2.01. The monoisotopic (exact) mass is 387 g/mol. The Kier molecular flexibility index (Phi) is 4.30. The number of hydrogen-bond acceptors (Lipinski definition) is 3. The standard InChI is InChI=1S/C8H4F6INO2/c9-7(10,11)5-3(2-17)1-4(16-6(5)15)18-8(12,13)14/h1,17H,2H2. The molecule has 1 heterocycles. The van der Waals surface area contributed by atoms with Crippen molar-refractivity contribution in [3.05, 3.63) is 20.9 Å². The minimum atomic E-state index is -5.07. The number of pyridine rings is 1. The highest BCUT2D eigenvalue weighted by molar-refractivity contribution is 14.1. The lowest BCUT2D eigenvalue weighted by atomic mass is 10.1. The van der Waals surface area contributed by atoms with E-state index in [-0.39, 0.29) is 0 Å². The number of aliphatic hydroxyl groups excluding tert-OH is 1. The van der Waals surface area contributed by atoms with Crippen LogP contribution in [-0.2, 0) is 12.8 Å². The molecule has 0 aliphatic heterocycles. The van der Waals surface area contributed by atoms with E-state index in [4.69, 9.17) is 5.11 Å². The average Bonchev–Trinajstić information content (AvgIpc) is 2.11. The molecule has 0 aromatic carbocycles. The second-order valence-corrected chi connectivity index (χ2v) is 4.01. The molecule has 0 aliphatic rings. The van der Waals surface area contributed by atoms with Crippen LogP contribution in [0.4, 0.5) is 26.3 Å². The molecular formula is C8H4F6INO2. The first kappa shape index (κ1) is 15.3. The van der Waals surface area contributed by atoms with Gasteiger partial charge in [-0.15, -0.1) is 13.2 Å². The van der Waals surface area contributed by atoms with Crippen LogP contribution in [0.2, 0.25) is 0 Å². The molecule has 0 bridgehead atoms. The van der Waals surface area contributed by atoms with Gasteiger partial charge in [0.1, 0.15) is 3.70 Å². The van der Waals surface area contributed by atoms with Gasteiger partial charge in [0.15, 0.2) is 0 Å². The van der Waals surface area contributed by atoms with Gasteiger partial charge in [0.05, 0.1) is 12.2 Å². The van der Waals surface area contributed by atoms with Gasteiger partial charge in [0.2, 0.25) is 5.88 Å². The third-order valence-corrected chi connectivity index (χ3v) is 2.49. The van der Waals surface area contributed by atoms with Gasteiger partial charge < -0.3 is 9.84 Å². The van der Waals surface area contributed by atoms with Crippen LogP contribution < -0.4 is 4.74 Å². The van der Waals surface area contributed by atoms with Crippen LogP contribution in [0.1, 0.15) is 11.1 Å². The van der Waals surface area contributed by atoms with Crippen molar-refractivity contribution in [1.29, 1.82) is 0 Å². The highest BCUT2D eigenvalue weighted by Crippen LogP contribution is 2.36. The van der Waals surface area contributed by atoms with Crippen molar-refractivity contribution in [2.45, 2.75) is 19.1 Å². The molecule has 0 fully saturated rings. The zero-order valence-corrected chi connectivity index (χ0v) is 10.4. The molecule has 0 radical (unpaired) electrons. The Morgan fingerprint density at radius 1 is 1.22 bits per heavy atom. The van der Waals surface area contributed by atoms with Crippen LogP contribution in [0.3, 0.4) is 0 Å². The number of aromatic nitrogens is 1. The van der Waals surface area contributed by atoms with Crippen LogP contribution >= 0.6 is 22.6 Å². The third kappa shape index (κ3) is 3.86. The zero-order chi connectivity index (χ0) is 14.1. The Bertz CT molecular complexity index is 444. The second kappa shape index (κ2) is 5.07. The summed E-state index contributed by atoms with van der Waals surface area (Å²) in [6.07, 6.45) is -9.89. The van der Waals surface area contributed by atoms with Crippen LogP contribution in [0.25, 0.3) is 0 Å². The Morgan fingerprint density at radius 3 is 2.17 bits per heavy atom. The number of hydrogen-bond donors (Lipinski definition) is 1. The maximum absolute atomic E-state index is 12.5. The molecule has 1 aromatic heterocycles. The van der Waals surface area contributed by atoms with Gasteiger partial charge in [-0.05, 0) is 28.2 Å². The average molecular weight is 387 g/mol. The summed E-state index contributed by atoms with van der Waals surface area (Å²) in [6, 6.07) is 0.401. The summed E-state index contributed by atoms with van der Waals surface area (Å²) in [5, 5.41) is 8.76. The topological polar surface area (TPSA) is 42.4 Å². The van der Waals surface area contributed by atoms with E-state index in [1.165, 1.54) is 0 Å². The molecule has 10 heteroatoms. The van der Waals surface area contributed by atoms with E-state index >= 15 is 0 Å². The molecule has 0 aliphatic carbocycles. The minimum Gasteiger partial charge on any atom is -0.392 e. The minimum absolute atomic E-state index is 0.401. The number of alkyl halides is 6. The lowest BCUT2D eigenvalue weighted by Crippen LogP contribution is -2.20. The van der Waals surface area contributed by atoms with Gasteiger partial charge in [-0.3, -0.25) is 0 Å². The van der Waals surface area contributed by atoms with Gasteiger partial charge in [-0.25, -0.2) is 4.98 Å². The fourth-order valence-corrected chi connectivity index (χ4v) is 2.02. The molecule has 0 saturated heterocycles. The largest absolute Gasteiger partial charge is 0.574 e. The molecule has 102 valence electrons. The fourth-order valence-electron chi connectivity index (χ4n) is 1.13. The second-order valence-electron chi connectivity index (χ2n) is 2.99. The van der Waals surface area contributed by atoms with E-state index in [2.05, 4.69) is 9.72 Å². The summed E-state index contributed by atoms with van der Waals surface area (Å²) in [5.74, 6) is -1.05. The van der Waals surface area contributed by atoms with E-state index < -0.39 is 39.9 Å². The lowest BCUT2D eigenvalue weighted by molar-refractivity contribution is -0.276. The van der Waals surface area contributed by atoms with Gasteiger partial charge in [0, 0.05) is 6.07 Å². The predicted octanol–water partition coefficient (Wildman–Crippen LogP) is 3.10. The number of halogens is 7. The number of nitrogens with zero attached hydrogens (tertiary/aromatic N) is 1. The molecule has 1 N–H and O–H groups in total. The molecule has 1 aromatic rings. The lowest BCUT2D eigenvalue weighted by Gasteiger charge is -2.15. The first-order valence-corrected chi connectivity index (χ1v) is 5.25. The van der Waals surface area contributed by atoms with Gasteiger partial charge in [0.25, 0.3) is 0 Å². The molecule has 0 amide bonds. The molecule has 0 saturated carbocycles. The van der Waals surface area contributed by atoms with Gasteiger partial charge in [-0.1, -0.05) is 0 Å². The van der Waals surface area contributed by atoms with Crippen LogP contribution in [0.15, 0.2) is 6.07 Å². The SMILES string of the molecule is OCc1cc(OC(F)(F)F)nc(I)c1C(F)(F)F. The Balaban J connectivity index is 3.28.